The van der Waals surface area contributed by atoms with Crippen molar-refractivity contribution in [2.75, 3.05) is 19.3 Å². The molecule has 0 saturated carbocycles. The monoisotopic (exact) mass is 731 g/mol. The van der Waals surface area contributed by atoms with Gasteiger partial charge in [0.1, 0.15) is 10.1 Å². The summed E-state index contributed by atoms with van der Waals surface area (Å²) in [5.41, 5.74) is 14.6. The first kappa shape index (κ1) is 39.6. The van der Waals surface area contributed by atoms with Crippen LogP contribution in [-0.4, -0.2) is 69.5 Å². The molecule has 5 N–H and O–H groups in total. The summed E-state index contributed by atoms with van der Waals surface area (Å²) >= 11 is 11.8. The van der Waals surface area contributed by atoms with Crippen molar-refractivity contribution in [3.05, 3.63) is 108 Å². The van der Waals surface area contributed by atoms with E-state index in [9.17, 15) is 18.0 Å². The van der Waals surface area contributed by atoms with Crippen LogP contribution in [-0.2, 0) is 16.0 Å². The molecule has 1 amide bonds. The lowest BCUT2D eigenvalue weighted by Crippen LogP contribution is -2.48. The van der Waals surface area contributed by atoms with E-state index < -0.39 is 18.2 Å². The molecule has 0 unspecified atom stereocenters. The van der Waals surface area contributed by atoms with E-state index in [-0.39, 0.29) is 11.9 Å². The van der Waals surface area contributed by atoms with Crippen molar-refractivity contribution in [1.82, 2.24) is 14.9 Å². The normalized spacial score (nSPS) is 12.2. The number of nitrogens with two attached hydrogens (primary N) is 2. The maximum absolute atomic E-state index is 12.4. The van der Waals surface area contributed by atoms with Crippen molar-refractivity contribution in [3.63, 3.8) is 0 Å². The molecule has 0 bridgehead atoms. The first-order chi connectivity index (χ1) is 23.3. The molecule has 0 aliphatic carbocycles. The topological polar surface area (TPSA) is 135 Å². The van der Waals surface area contributed by atoms with Crippen LogP contribution < -0.4 is 11.5 Å². The van der Waals surface area contributed by atoms with E-state index in [4.69, 9.17) is 33.0 Å². The molecular weight excluding hydrogens is 695 g/mol. The van der Waals surface area contributed by atoms with Crippen LogP contribution in [0, 0.1) is 0 Å². The third-order valence-corrected chi connectivity index (χ3v) is 8.68. The van der Waals surface area contributed by atoms with Crippen molar-refractivity contribution < 1.29 is 27.9 Å². The summed E-state index contributed by atoms with van der Waals surface area (Å²) in [6, 6.07) is 31.5. The standard InChI is InChI=1S/C18H12N2S.C15H24ClN3OS.C2HF3O2/c1-3-7-15-13(5-1)9-11-17(19-15)21-18-12-10-14-6-2-4-8-16(14)20-18;1-19(13(10-21)3-2-8-17)15(20)14(18)9-11-4-6-12(16)7-5-11;3-2(4,5)1(6)7/h1-12H;4-7,13-14,21H,2-3,8-10,17-18H2,1H3;(H,6,7)/t;13-,14-;/m.0./s1. The predicted octanol–water partition coefficient (Wildman–Crippen LogP) is 7.27. The van der Waals surface area contributed by atoms with E-state index in [1.54, 1.807) is 35.8 Å². The Balaban J connectivity index is 0.000000223. The number of carbonyl (C=O) groups excluding carboxylic acids is 1. The third-order valence-electron chi connectivity index (χ3n) is 7.13. The number of thiol groups is 1. The minimum Gasteiger partial charge on any atom is -0.475 e. The van der Waals surface area contributed by atoms with E-state index in [1.165, 1.54) is 0 Å². The number of fused-ring (bicyclic) bond motifs is 2. The van der Waals surface area contributed by atoms with E-state index in [2.05, 4.69) is 46.9 Å². The van der Waals surface area contributed by atoms with Crippen molar-refractivity contribution in [1.29, 1.82) is 0 Å². The van der Waals surface area contributed by atoms with Gasteiger partial charge in [-0.15, -0.1) is 0 Å². The molecule has 3 aromatic carbocycles. The number of pyridine rings is 2. The molecule has 0 saturated heterocycles. The highest BCUT2D eigenvalue weighted by molar-refractivity contribution is 7.99. The highest BCUT2D eigenvalue weighted by atomic mass is 35.5. The SMILES string of the molecule is CN(C(=O)[C@@H](N)Cc1ccc(Cl)cc1)[C@H](CS)CCCN.O=C(O)C(F)(F)F.c1ccc2nc(Sc3ccc4ccccc4n3)ccc2c1. The summed E-state index contributed by atoms with van der Waals surface area (Å²) in [6.07, 6.45) is -2.87. The van der Waals surface area contributed by atoms with Crippen LogP contribution in [0.15, 0.2) is 107 Å². The predicted molar refractivity (Wildman–Crippen MR) is 193 cm³/mol. The lowest BCUT2D eigenvalue weighted by Gasteiger charge is -2.29. The van der Waals surface area contributed by atoms with Crippen LogP contribution in [0.1, 0.15) is 18.4 Å². The fourth-order valence-corrected chi connectivity index (χ4v) is 5.81. The molecular formula is C35H37ClF3N5O3S2. The van der Waals surface area contributed by atoms with E-state index >= 15 is 0 Å². The van der Waals surface area contributed by atoms with Crippen LogP contribution >= 0.6 is 36.0 Å². The zero-order valence-corrected chi connectivity index (χ0v) is 29.0. The number of hydrogen-bond donors (Lipinski definition) is 4. The van der Waals surface area contributed by atoms with Gasteiger partial charge in [0.05, 0.1) is 17.1 Å². The first-order valence-electron chi connectivity index (χ1n) is 15.1. The number of carboxylic acids is 1. The Morgan fingerprint density at radius 2 is 1.39 bits per heavy atom. The number of halogens is 4. The minimum absolute atomic E-state index is 0.0685. The van der Waals surface area contributed by atoms with Gasteiger partial charge in [0, 0.05) is 34.6 Å². The number of nitrogens with zero attached hydrogens (tertiary/aromatic N) is 3. The maximum Gasteiger partial charge on any atom is 0.490 e. The second-order valence-electron chi connectivity index (χ2n) is 10.7. The largest absolute Gasteiger partial charge is 0.490 e. The second-order valence-corrected chi connectivity index (χ2v) is 12.6. The zero-order chi connectivity index (χ0) is 36.0. The molecule has 2 atom stereocenters. The molecule has 0 aliphatic rings. The number of para-hydroxylation sites is 2. The third kappa shape index (κ3) is 12.8. The van der Waals surface area contributed by atoms with Gasteiger partial charge in [0.15, 0.2) is 0 Å². The Morgan fingerprint density at radius 3 is 1.84 bits per heavy atom. The summed E-state index contributed by atoms with van der Waals surface area (Å²) in [7, 11) is 1.78. The van der Waals surface area contributed by atoms with Crippen LogP contribution in [0.3, 0.4) is 0 Å². The van der Waals surface area contributed by atoms with E-state index in [0.717, 1.165) is 50.3 Å². The number of aromatic nitrogens is 2. The van der Waals surface area contributed by atoms with E-state index in [1.807, 2.05) is 60.7 Å². The lowest BCUT2D eigenvalue weighted by molar-refractivity contribution is -0.192. The van der Waals surface area contributed by atoms with Gasteiger partial charge in [-0.1, -0.05) is 84.0 Å². The van der Waals surface area contributed by atoms with Gasteiger partial charge < -0.3 is 21.5 Å². The fraction of sp³-hybridized carbons (Fsp3) is 0.257. The van der Waals surface area contributed by atoms with Gasteiger partial charge >= 0.3 is 12.1 Å². The molecule has 49 heavy (non-hydrogen) atoms. The van der Waals surface area contributed by atoms with Gasteiger partial charge in [-0.25, -0.2) is 14.8 Å². The number of carbonyl (C=O) groups is 2. The fourth-order valence-electron chi connectivity index (χ4n) is 4.48. The molecule has 2 aromatic heterocycles. The quantitative estimate of drug-likeness (QED) is 0.110. The zero-order valence-electron chi connectivity index (χ0n) is 26.6. The molecule has 2 heterocycles. The lowest BCUT2D eigenvalue weighted by atomic mass is 10.0. The van der Waals surface area contributed by atoms with Crippen molar-refractivity contribution in [3.8, 4) is 0 Å². The number of alkyl halides is 3. The Morgan fingerprint density at radius 1 is 0.898 bits per heavy atom. The highest BCUT2D eigenvalue weighted by Crippen LogP contribution is 2.27. The second kappa shape index (κ2) is 19.3. The van der Waals surface area contributed by atoms with Crippen LogP contribution in [0.2, 0.25) is 5.02 Å². The van der Waals surface area contributed by atoms with Crippen molar-refractivity contribution in [2.45, 2.75) is 47.6 Å². The summed E-state index contributed by atoms with van der Waals surface area (Å²) in [5.74, 6) is -2.22. The number of likely N-dealkylation sites (N-methyl/N-ethyl adjacent to an activating group) is 1. The Kier molecular flexibility index (Phi) is 15.6. The Labute approximate surface area is 297 Å². The summed E-state index contributed by atoms with van der Waals surface area (Å²) in [4.78, 5) is 32.3. The van der Waals surface area contributed by atoms with Crippen LogP contribution in [0.4, 0.5) is 13.2 Å². The number of benzene rings is 3. The number of aliphatic carboxylic acids is 1. The van der Waals surface area contributed by atoms with Crippen LogP contribution in [0.5, 0.6) is 0 Å². The molecule has 8 nitrogen and oxygen atoms in total. The molecule has 0 radical (unpaired) electrons. The van der Waals surface area contributed by atoms with Crippen molar-refractivity contribution >= 4 is 69.7 Å². The molecule has 14 heteroatoms. The van der Waals surface area contributed by atoms with Gasteiger partial charge in [0.25, 0.3) is 0 Å². The Bertz CT molecular complexity index is 1740. The number of amides is 1. The van der Waals surface area contributed by atoms with Gasteiger partial charge in [-0.2, -0.15) is 25.8 Å². The Hall–Kier alpha value is -3.88. The smallest absolute Gasteiger partial charge is 0.475 e. The summed E-state index contributed by atoms with van der Waals surface area (Å²) in [6.45, 7) is 0.614. The molecule has 0 aliphatic heterocycles. The molecule has 0 fully saturated rings. The maximum atomic E-state index is 12.4. The minimum atomic E-state index is -5.08. The molecule has 0 spiro atoms. The average Bonchev–Trinajstić information content (AvgIpc) is 3.09. The first-order valence-corrected chi connectivity index (χ1v) is 16.9. The molecule has 260 valence electrons. The van der Waals surface area contributed by atoms with Crippen molar-refractivity contribution in [2.24, 2.45) is 11.5 Å². The number of hydrogen-bond acceptors (Lipinski definition) is 8. The summed E-state index contributed by atoms with van der Waals surface area (Å²) < 4.78 is 31.7. The van der Waals surface area contributed by atoms with Gasteiger partial charge in [-0.05, 0) is 67.8 Å². The molecule has 5 rings (SSSR count). The van der Waals surface area contributed by atoms with Gasteiger partial charge in [0.2, 0.25) is 5.91 Å². The number of rotatable bonds is 10. The number of carboxylic acid groups (broad SMARTS) is 1. The van der Waals surface area contributed by atoms with E-state index in [0.29, 0.717) is 23.7 Å². The highest BCUT2D eigenvalue weighted by Gasteiger charge is 2.38. The van der Waals surface area contributed by atoms with Gasteiger partial charge in [-0.3, -0.25) is 4.79 Å². The van der Waals surface area contributed by atoms with Crippen LogP contribution in [0.25, 0.3) is 21.8 Å². The molecule has 5 aromatic rings. The summed E-state index contributed by atoms with van der Waals surface area (Å²) in [5, 5.41) is 12.1. The average molecular weight is 732 g/mol.